The molecule has 0 radical (unpaired) electrons. The zero-order chi connectivity index (χ0) is 28.0. The molecule has 206 valence electrons. The number of aliphatic carboxylic acids is 1. The van der Waals surface area contributed by atoms with E-state index in [0.717, 1.165) is 12.1 Å². The van der Waals surface area contributed by atoms with Gasteiger partial charge in [-0.25, -0.2) is 18.4 Å². The number of urea groups is 1. The van der Waals surface area contributed by atoms with Crippen molar-refractivity contribution in [3.05, 3.63) is 39.4 Å². The SMILES string of the molecule is NC(=O)c1c(OCc2c(F)cc(Br)cc2F)nsc1NC(=O)NCC(O)CC(=O)N1CCCCC1C(=O)O. The molecule has 0 bridgehead atoms. The number of nitrogens with two attached hydrogens (primary N) is 1. The standard InChI is InChI=1S/C22H24BrF2N5O7S/c23-10-5-13(24)12(14(25)6-10)9-37-19-17(18(26)33)20(38-29-19)28-22(36)27-8-11(31)7-16(32)30-4-2-1-3-15(30)21(34)35/h5-6,11,15,31H,1-4,7-9H2,(H2,26,33)(H,34,35)(H2,27,28,36). The van der Waals surface area contributed by atoms with Gasteiger partial charge in [0.1, 0.15) is 34.8 Å². The van der Waals surface area contributed by atoms with Crippen LogP contribution in [0.15, 0.2) is 16.6 Å². The summed E-state index contributed by atoms with van der Waals surface area (Å²) in [7, 11) is 0. The maximum absolute atomic E-state index is 14.0. The van der Waals surface area contributed by atoms with E-state index in [9.17, 15) is 38.2 Å². The van der Waals surface area contributed by atoms with Crippen LogP contribution in [-0.2, 0) is 16.2 Å². The number of rotatable bonds is 10. The lowest BCUT2D eigenvalue weighted by molar-refractivity contribution is -0.152. The zero-order valence-electron chi connectivity index (χ0n) is 19.7. The maximum atomic E-state index is 14.0. The summed E-state index contributed by atoms with van der Waals surface area (Å²) in [6.07, 6.45) is -0.0505. The van der Waals surface area contributed by atoms with Crippen LogP contribution in [0.5, 0.6) is 5.88 Å². The third-order valence-corrected chi connectivity index (χ3v) is 6.81. The topological polar surface area (TPSA) is 184 Å². The number of anilines is 1. The van der Waals surface area contributed by atoms with Crippen LogP contribution in [0.1, 0.15) is 41.6 Å². The number of carbonyl (C=O) groups excluding carboxylic acids is 3. The molecule has 2 aromatic rings. The predicted octanol–water partition coefficient (Wildman–Crippen LogP) is 2.20. The van der Waals surface area contributed by atoms with Gasteiger partial charge in [0.05, 0.1) is 18.1 Å². The quantitative estimate of drug-likeness (QED) is 0.268. The van der Waals surface area contributed by atoms with E-state index in [0.29, 0.717) is 30.8 Å². The van der Waals surface area contributed by atoms with Gasteiger partial charge in [-0.3, -0.25) is 14.9 Å². The number of hydrogen-bond donors (Lipinski definition) is 5. The van der Waals surface area contributed by atoms with Gasteiger partial charge in [0.2, 0.25) is 11.8 Å². The molecule has 12 nitrogen and oxygen atoms in total. The van der Waals surface area contributed by atoms with E-state index < -0.39 is 66.2 Å². The summed E-state index contributed by atoms with van der Waals surface area (Å²) in [5.41, 5.74) is 4.62. The number of aromatic nitrogens is 1. The normalized spacial score (nSPS) is 16.0. The van der Waals surface area contributed by atoms with Crippen molar-refractivity contribution in [2.45, 2.75) is 44.4 Å². The molecule has 1 fully saturated rings. The molecule has 2 unspecified atom stereocenters. The van der Waals surface area contributed by atoms with Crippen molar-refractivity contribution in [2.24, 2.45) is 5.73 Å². The first-order valence-electron chi connectivity index (χ1n) is 11.3. The van der Waals surface area contributed by atoms with Crippen LogP contribution in [-0.4, -0.2) is 68.5 Å². The minimum Gasteiger partial charge on any atom is -0.480 e. The molecule has 0 saturated carbocycles. The number of amides is 4. The molecule has 1 aliphatic heterocycles. The van der Waals surface area contributed by atoms with E-state index in [1.54, 1.807) is 0 Å². The van der Waals surface area contributed by atoms with Gasteiger partial charge in [-0.15, -0.1) is 0 Å². The number of carboxylic acids is 1. The summed E-state index contributed by atoms with van der Waals surface area (Å²) < 4.78 is 37.4. The second kappa shape index (κ2) is 12.9. The lowest BCUT2D eigenvalue weighted by Gasteiger charge is -2.33. The summed E-state index contributed by atoms with van der Waals surface area (Å²) in [4.78, 5) is 49.3. The predicted molar refractivity (Wildman–Crippen MR) is 134 cm³/mol. The molecule has 1 aliphatic rings. The molecule has 1 saturated heterocycles. The van der Waals surface area contributed by atoms with Gasteiger partial charge in [-0.1, -0.05) is 15.9 Å². The van der Waals surface area contributed by atoms with Gasteiger partial charge in [0.15, 0.2) is 0 Å². The Morgan fingerprint density at radius 2 is 1.95 bits per heavy atom. The number of piperidine rings is 1. The molecule has 3 rings (SSSR count). The highest BCUT2D eigenvalue weighted by atomic mass is 79.9. The van der Waals surface area contributed by atoms with Gasteiger partial charge < -0.3 is 30.9 Å². The number of carboxylic acid groups (broad SMARTS) is 1. The van der Waals surface area contributed by atoms with Gasteiger partial charge in [0.25, 0.3) is 5.91 Å². The van der Waals surface area contributed by atoms with Crippen LogP contribution in [0, 0.1) is 11.6 Å². The molecule has 2 atom stereocenters. The summed E-state index contributed by atoms with van der Waals surface area (Å²) >= 11 is 3.59. The molecule has 6 N–H and O–H groups in total. The second-order valence-electron chi connectivity index (χ2n) is 8.32. The average molecular weight is 620 g/mol. The van der Waals surface area contributed by atoms with Crippen LogP contribution in [0.2, 0.25) is 0 Å². The molecule has 0 spiro atoms. The fourth-order valence-electron chi connectivity index (χ4n) is 3.76. The molecular formula is C22H24BrF2N5O7S. The van der Waals surface area contributed by atoms with Gasteiger partial charge in [-0.2, -0.15) is 4.37 Å². The Kier molecular flexibility index (Phi) is 9.93. The largest absolute Gasteiger partial charge is 0.480 e. The van der Waals surface area contributed by atoms with Crippen molar-refractivity contribution in [2.75, 3.05) is 18.4 Å². The monoisotopic (exact) mass is 619 g/mol. The smallest absolute Gasteiger partial charge is 0.326 e. The summed E-state index contributed by atoms with van der Waals surface area (Å²) in [6, 6.07) is 0.245. The number of hydrogen-bond acceptors (Lipinski definition) is 8. The first kappa shape index (κ1) is 29.2. The van der Waals surface area contributed by atoms with Crippen molar-refractivity contribution in [1.29, 1.82) is 0 Å². The number of carbonyl (C=O) groups is 4. The molecule has 1 aromatic carbocycles. The van der Waals surface area contributed by atoms with E-state index in [-0.39, 0.29) is 34.0 Å². The minimum atomic E-state index is -1.31. The average Bonchev–Trinajstić information content (AvgIpc) is 3.24. The van der Waals surface area contributed by atoms with Gasteiger partial charge in [0, 0.05) is 17.6 Å². The lowest BCUT2D eigenvalue weighted by Crippen LogP contribution is -2.49. The van der Waals surface area contributed by atoms with Crippen LogP contribution in [0.4, 0.5) is 18.6 Å². The Morgan fingerprint density at radius 1 is 1.26 bits per heavy atom. The third kappa shape index (κ3) is 7.35. The third-order valence-electron chi connectivity index (χ3n) is 5.61. The van der Waals surface area contributed by atoms with Crippen LogP contribution in [0.3, 0.4) is 0 Å². The highest BCUT2D eigenvalue weighted by molar-refractivity contribution is 9.10. The Balaban J connectivity index is 1.56. The van der Waals surface area contributed by atoms with Crippen molar-refractivity contribution >= 4 is 56.3 Å². The van der Waals surface area contributed by atoms with Gasteiger partial charge >= 0.3 is 12.0 Å². The Bertz CT molecular complexity index is 1210. The molecule has 16 heteroatoms. The number of aliphatic hydroxyl groups is 1. The minimum absolute atomic E-state index is 0.120. The number of nitrogens with one attached hydrogen (secondary N) is 2. The first-order chi connectivity index (χ1) is 18.0. The Hall–Kier alpha value is -3.37. The zero-order valence-corrected chi connectivity index (χ0v) is 22.1. The lowest BCUT2D eigenvalue weighted by atomic mass is 10.0. The molecule has 38 heavy (non-hydrogen) atoms. The van der Waals surface area contributed by atoms with Gasteiger partial charge in [-0.05, 0) is 42.9 Å². The Morgan fingerprint density at radius 3 is 2.58 bits per heavy atom. The van der Waals surface area contributed by atoms with E-state index in [4.69, 9.17) is 10.5 Å². The maximum Gasteiger partial charge on any atom is 0.326 e. The number of halogens is 3. The van der Waals surface area contributed by atoms with Crippen molar-refractivity contribution in [3.63, 3.8) is 0 Å². The number of likely N-dealkylation sites (tertiary alicyclic amines) is 1. The Labute approximate surface area is 227 Å². The number of ether oxygens (including phenoxy) is 1. The number of primary amides is 1. The van der Waals surface area contributed by atoms with Crippen LogP contribution < -0.4 is 21.1 Å². The number of benzene rings is 1. The molecule has 1 aromatic heterocycles. The molecular weight excluding hydrogens is 596 g/mol. The summed E-state index contributed by atoms with van der Waals surface area (Å²) in [5, 5.41) is 24.0. The van der Waals surface area contributed by atoms with Crippen molar-refractivity contribution < 1.29 is 42.9 Å². The van der Waals surface area contributed by atoms with E-state index in [1.807, 2.05) is 0 Å². The van der Waals surface area contributed by atoms with Crippen LogP contribution in [0.25, 0.3) is 0 Å². The van der Waals surface area contributed by atoms with Crippen molar-refractivity contribution in [1.82, 2.24) is 14.6 Å². The fourth-order valence-corrected chi connectivity index (χ4v) is 4.90. The van der Waals surface area contributed by atoms with Crippen molar-refractivity contribution in [3.8, 4) is 5.88 Å². The molecule has 4 amide bonds. The highest BCUT2D eigenvalue weighted by Crippen LogP contribution is 2.31. The van der Waals surface area contributed by atoms with E-state index >= 15 is 0 Å². The fraction of sp³-hybridized carbons (Fsp3) is 0.409. The van der Waals surface area contributed by atoms with E-state index in [1.165, 1.54) is 4.90 Å². The van der Waals surface area contributed by atoms with E-state index in [2.05, 4.69) is 30.9 Å². The summed E-state index contributed by atoms with van der Waals surface area (Å²) in [5.74, 6) is -4.82. The number of aliphatic hydroxyl groups excluding tert-OH is 1. The van der Waals surface area contributed by atoms with Crippen LogP contribution >= 0.6 is 27.5 Å². The number of nitrogens with zero attached hydrogens (tertiary/aromatic N) is 2. The molecule has 0 aliphatic carbocycles. The summed E-state index contributed by atoms with van der Waals surface area (Å²) in [6.45, 7) is -0.705. The molecule has 2 heterocycles. The second-order valence-corrected chi connectivity index (χ2v) is 10.0. The highest BCUT2D eigenvalue weighted by Gasteiger charge is 2.32. The first-order valence-corrected chi connectivity index (χ1v) is 12.9.